The number of anilines is 1. The molecule has 10 nitrogen and oxygen atoms in total. The van der Waals surface area contributed by atoms with Crippen LogP contribution < -0.4 is 4.90 Å². The van der Waals surface area contributed by atoms with Crippen LogP contribution in [0.15, 0.2) is 0 Å². The first-order valence-electron chi connectivity index (χ1n) is 5.40. The molecule has 0 bridgehead atoms. The van der Waals surface area contributed by atoms with E-state index >= 15 is 0 Å². The van der Waals surface area contributed by atoms with Gasteiger partial charge in [-0.15, -0.1) is 0 Å². The average Bonchev–Trinajstić information content (AvgIpc) is 2.33. The number of nitrogens with zero attached hydrogens (tertiary/aromatic N) is 4. The van der Waals surface area contributed by atoms with Gasteiger partial charge in [-0.25, -0.2) is 13.4 Å². The van der Waals surface area contributed by atoms with Crippen LogP contribution in [0.4, 0.5) is 5.95 Å². The lowest BCUT2D eigenvalue weighted by Gasteiger charge is -2.16. The maximum atomic E-state index is 11.4. The minimum atomic E-state index is -4.62. The number of halogens is 1. The Kier molecular flexibility index (Phi) is 6.83. The highest BCUT2D eigenvalue weighted by Crippen LogP contribution is 2.09. The van der Waals surface area contributed by atoms with Crippen molar-refractivity contribution in [3.05, 3.63) is 11.1 Å². The summed E-state index contributed by atoms with van der Waals surface area (Å²) in [4.78, 5) is 13.3. The molecule has 0 amide bonds. The molecule has 0 aliphatic heterocycles. The van der Waals surface area contributed by atoms with E-state index < -0.39 is 28.3 Å². The molecule has 1 aromatic heterocycles. The number of hydrogen-bond donors (Lipinski definition) is 1. The minimum absolute atomic E-state index is 0.0354. The molecule has 0 radical (unpaired) electrons. The maximum absolute atomic E-state index is 11.4. The Labute approximate surface area is 129 Å². The van der Waals surface area contributed by atoms with E-state index in [-0.39, 0.29) is 17.6 Å². The zero-order valence-electron chi connectivity index (χ0n) is 11.1. The van der Waals surface area contributed by atoms with Crippen LogP contribution in [-0.2, 0) is 29.8 Å². The highest BCUT2D eigenvalue weighted by molar-refractivity contribution is 7.81. The summed E-state index contributed by atoms with van der Waals surface area (Å²) in [6.07, 6.45) is 0. The third-order valence-electron chi connectivity index (χ3n) is 2.02. The number of hydrogen-bond acceptors (Lipinski definition) is 9. The van der Waals surface area contributed by atoms with E-state index in [0.29, 0.717) is 11.8 Å². The van der Waals surface area contributed by atoms with Crippen LogP contribution >= 0.6 is 11.6 Å². The third kappa shape index (κ3) is 7.59. The Hall–Kier alpha value is -0.920. The van der Waals surface area contributed by atoms with Crippen LogP contribution in [0.3, 0.4) is 0 Å². The zero-order chi connectivity index (χ0) is 16.0. The van der Waals surface area contributed by atoms with Gasteiger partial charge in [-0.3, -0.25) is 8.74 Å². The van der Waals surface area contributed by atoms with E-state index in [1.54, 1.807) is 18.9 Å². The lowest BCUT2D eigenvalue weighted by atomic mass is 10.6. The molecule has 0 saturated carbocycles. The molecule has 0 aliphatic carbocycles. The highest BCUT2D eigenvalue weighted by Gasteiger charge is 2.11. The van der Waals surface area contributed by atoms with Crippen molar-refractivity contribution in [1.82, 2.24) is 15.0 Å². The first-order valence-corrected chi connectivity index (χ1v) is 8.39. The van der Waals surface area contributed by atoms with Crippen molar-refractivity contribution in [1.29, 1.82) is 0 Å². The van der Waals surface area contributed by atoms with Crippen LogP contribution in [-0.4, -0.2) is 58.3 Å². The van der Waals surface area contributed by atoms with Crippen molar-refractivity contribution in [3.63, 3.8) is 0 Å². The predicted molar refractivity (Wildman–Crippen MR) is 74.4 cm³/mol. The van der Waals surface area contributed by atoms with Crippen molar-refractivity contribution in [2.75, 3.05) is 31.0 Å². The van der Waals surface area contributed by atoms with Crippen molar-refractivity contribution in [2.45, 2.75) is 6.92 Å². The van der Waals surface area contributed by atoms with Crippen molar-refractivity contribution in [3.8, 4) is 0 Å². The van der Waals surface area contributed by atoms with Gasteiger partial charge in [0.15, 0.2) is 17.9 Å². The van der Waals surface area contributed by atoms with Gasteiger partial charge in [0, 0.05) is 13.6 Å². The third-order valence-corrected chi connectivity index (χ3v) is 3.46. The van der Waals surface area contributed by atoms with E-state index in [9.17, 15) is 12.6 Å². The minimum Gasteiger partial charge on any atom is -0.343 e. The SMILES string of the molecule is Cc1nc(Cl)nc(N(C)CCS(=O)OCOS(=O)(=O)O)n1. The number of aromatic nitrogens is 3. The second kappa shape index (κ2) is 7.91. The van der Waals surface area contributed by atoms with Crippen molar-refractivity contribution in [2.24, 2.45) is 0 Å². The van der Waals surface area contributed by atoms with E-state index in [4.69, 9.17) is 16.2 Å². The molecule has 1 aromatic rings. The molecular formula is C8H13ClN4O6S2. The van der Waals surface area contributed by atoms with Crippen LogP contribution in [0.5, 0.6) is 0 Å². The molecule has 13 heteroatoms. The van der Waals surface area contributed by atoms with Gasteiger partial charge >= 0.3 is 10.4 Å². The first-order chi connectivity index (χ1) is 9.67. The molecule has 1 heterocycles. The van der Waals surface area contributed by atoms with Gasteiger partial charge in [0.1, 0.15) is 5.82 Å². The van der Waals surface area contributed by atoms with E-state index in [1.807, 2.05) is 0 Å². The Morgan fingerprint density at radius 3 is 2.62 bits per heavy atom. The fourth-order valence-electron chi connectivity index (χ4n) is 1.11. The van der Waals surface area contributed by atoms with Gasteiger partial charge in [0.05, 0.1) is 5.75 Å². The summed E-state index contributed by atoms with van der Waals surface area (Å²) < 4.78 is 48.6. The Balaban J connectivity index is 2.42. The van der Waals surface area contributed by atoms with Crippen LogP contribution in [0.25, 0.3) is 0 Å². The molecule has 1 N–H and O–H groups in total. The topological polar surface area (TPSA) is 132 Å². The van der Waals surface area contributed by atoms with Gasteiger partial charge < -0.3 is 4.90 Å². The molecule has 1 atom stereocenters. The van der Waals surface area contributed by atoms with Crippen LogP contribution in [0.2, 0.25) is 5.28 Å². The standard InChI is InChI=1S/C8H13ClN4O6S2/c1-6-10-7(9)12-8(11-6)13(2)3-4-20(14)18-5-19-21(15,16)17/h3-5H2,1-2H3,(H,15,16,17). The largest absolute Gasteiger partial charge is 0.399 e. The molecule has 120 valence electrons. The summed E-state index contributed by atoms with van der Waals surface area (Å²) in [5.41, 5.74) is 0. The zero-order valence-corrected chi connectivity index (χ0v) is 13.5. The van der Waals surface area contributed by atoms with Crippen LogP contribution in [0, 0.1) is 6.92 Å². The van der Waals surface area contributed by atoms with Gasteiger partial charge in [-0.1, -0.05) is 0 Å². The van der Waals surface area contributed by atoms with Gasteiger partial charge in [-0.05, 0) is 18.5 Å². The van der Waals surface area contributed by atoms with Crippen molar-refractivity contribution >= 4 is 39.0 Å². The lowest BCUT2D eigenvalue weighted by Crippen LogP contribution is -2.26. The number of rotatable bonds is 8. The Morgan fingerprint density at radius 2 is 2.05 bits per heavy atom. The van der Waals surface area contributed by atoms with E-state index in [0.717, 1.165) is 0 Å². The molecule has 1 rings (SSSR count). The summed E-state index contributed by atoms with van der Waals surface area (Å²) in [7, 11) is -2.97. The molecule has 0 aromatic carbocycles. The molecule has 0 saturated heterocycles. The Bertz CT molecular complexity index is 593. The van der Waals surface area contributed by atoms with E-state index in [1.165, 1.54) is 0 Å². The molecule has 0 fully saturated rings. The summed E-state index contributed by atoms with van der Waals surface area (Å²) in [5, 5.41) is 0.0447. The molecule has 21 heavy (non-hydrogen) atoms. The molecule has 0 spiro atoms. The van der Waals surface area contributed by atoms with E-state index in [2.05, 4.69) is 23.3 Å². The molecule has 0 aliphatic rings. The van der Waals surface area contributed by atoms with Gasteiger partial charge in [-0.2, -0.15) is 18.4 Å². The second-order valence-corrected chi connectivity index (χ2v) is 6.34. The first kappa shape index (κ1) is 18.1. The van der Waals surface area contributed by atoms with Crippen molar-refractivity contribution < 1.29 is 25.5 Å². The van der Waals surface area contributed by atoms with Gasteiger partial charge in [0.2, 0.25) is 11.2 Å². The molecular weight excluding hydrogens is 348 g/mol. The average molecular weight is 361 g/mol. The second-order valence-electron chi connectivity index (χ2n) is 3.66. The number of aryl methyl sites for hydroxylation is 1. The van der Waals surface area contributed by atoms with Crippen LogP contribution in [0.1, 0.15) is 5.82 Å². The Morgan fingerprint density at radius 1 is 1.38 bits per heavy atom. The smallest absolute Gasteiger partial charge is 0.343 e. The fourth-order valence-corrected chi connectivity index (χ4v) is 2.24. The monoisotopic (exact) mass is 360 g/mol. The molecule has 1 unspecified atom stereocenters. The maximum Gasteiger partial charge on any atom is 0.399 e. The summed E-state index contributed by atoms with van der Waals surface area (Å²) in [6.45, 7) is 1.06. The summed E-state index contributed by atoms with van der Waals surface area (Å²) >= 11 is 3.89. The predicted octanol–water partition coefficient (Wildman–Crippen LogP) is -0.273. The summed E-state index contributed by atoms with van der Waals surface area (Å²) in [6, 6.07) is 0. The summed E-state index contributed by atoms with van der Waals surface area (Å²) in [5.74, 6) is 0.780. The van der Waals surface area contributed by atoms with Gasteiger partial charge in [0.25, 0.3) is 0 Å². The highest BCUT2D eigenvalue weighted by atomic mass is 35.5. The normalized spacial score (nSPS) is 13.1. The lowest BCUT2D eigenvalue weighted by molar-refractivity contribution is 0.125. The fraction of sp³-hybridized carbons (Fsp3) is 0.625. The quantitative estimate of drug-likeness (QED) is 0.487.